The van der Waals surface area contributed by atoms with Crippen LogP contribution in [-0.2, 0) is 0 Å². The zero-order chi connectivity index (χ0) is 17.3. The Morgan fingerprint density at radius 2 is 2.17 bits per heavy atom. The first-order valence-corrected chi connectivity index (χ1v) is 7.98. The highest BCUT2D eigenvalue weighted by molar-refractivity contribution is 5.96. The maximum atomic E-state index is 12.6. The van der Waals surface area contributed by atoms with Gasteiger partial charge in [0.15, 0.2) is 11.5 Å². The number of nitrogens with zero attached hydrogens (tertiary/aromatic N) is 4. The molecule has 2 heterocycles. The molecule has 0 bridgehead atoms. The van der Waals surface area contributed by atoms with Crippen molar-refractivity contribution in [3.05, 3.63) is 23.8 Å². The van der Waals surface area contributed by atoms with E-state index in [0.29, 0.717) is 23.3 Å². The third-order valence-corrected chi connectivity index (χ3v) is 4.41. The number of rotatable bonds is 4. The fourth-order valence-electron chi connectivity index (χ4n) is 3.21. The second kappa shape index (κ2) is 6.56. The number of nitrogens with two attached hydrogens (primary N) is 1. The van der Waals surface area contributed by atoms with Gasteiger partial charge >= 0.3 is 0 Å². The van der Waals surface area contributed by atoms with Gasteiger partial charge in [-0.25, -0.2) is 15.0 Å². The minimum absolute atomic E-state index is 0.0747. The van der Waals surface area contributed by atoms with Gasteiger partial charge in [0.1, 0.15) is 12.0 Å². The highest BCUT2D eigenvalue weighted by atomic mass is 16.3. The van der Waals surface area contributed by atoms with E-state index in [1.807, 2.05) is 14.1 Å². The van der Waals surface area contributed by atoms with E-state index in [1.165, 1.54) is 12.5 Å². The van der Waals surface area contributed by atoms with E-state index in [-0.39, 0.29) is 23.5 Å². The standard InChI is InChI=1S/C16H22N6O2/c1-9-12(16-18-7-8-24-16)21-14(17)13(19-9)15(23)20-10-5-4-6-11(10)22(2)3/h7-8,10-11H,4-6H2,1-3H3,(H2,17,21)(H,20,23)/t10-,11-/m1/s1. The van der Waals surface area contributed by atoms with Gasteiger partial charge in [-0.1, -0.05) is 0 Å². The predicted octanol–water partition coefficient (Wildman–Crippen LogP) is 1.23. The van der Waals surface area contributed by atoms with Crippen LogP contribution in [0.1, 0.15) is 35.4 Å². The number of hydrogen-bond donors (Lipinski definition) is 2. The number of aromatic nitrogens is 3. The Labute approximate surface area is 140 Å². The molecule has 0 aliphatic heterocycles. The SMILES string of the molecule is Cc1nc(C(=O)N[C@@H]2CCC[C@H]2N(C)C)c(N)nc1-c1ncco1. The lowest BCUT2D eigenvalue weighted by Crippen LogP contribution is -2.46. The molecule has 1 aliphatic carbocycles. The van der Waals surface area contributed by atoms with Gasteiger partial charge < -0.3 is 20.4 Å². The van der Waals surface area contributed by atoms with Crippen LogP contribution < -0.4 is 11.1 Å². The van der Waals surface area contributed by atoms with E-state index >= 15 is 0 Å². The molecule has 1 amide bonds. The van der Waals surface area contributed by atoms with Crippen LogP contribution in [0.4, 0.5) is 5.82 Å². The molecular weight excluding hydrogens is 308 g/mol. The van der Waals surface area contributed by atoms with E-state index in [4.69, 9.17) is 10.2 Å². The summed E-state index contributed by atoms with van der Waals surface area (Å²) in [6.07, 6.45) is 6.09. The Morgan fingerprint density at radius 3 is 2.83 bits per heavy atom. The topological polar surface area (TPSA) is 110 Å². The second-order valence-electron chi connectivity index (χ2n) is 6.27. The molecule has 3 rings (SSSR count). The summed E-state index contributed by atoms with van der Waals surface area (Å²) in [4.78, 5) is 27.4. The van der Waals surface area contributed by atoms with E-state index < -0.39 is 0 Å². The number of amides is 1. The number of likely N-dealkylation sites (N-methyl/N-ethyl adjacent to an activating group) is 1. The molecule has 1 aliphatic rings. The summed E-state index contributed by atoms with van der Waals surface area (Å²) in [5.41, 5.74) is 7.09. The van der Waals surface area contributed by atoms with E-state index in [9.17, 15) is 4.79 Å². The molecule has 128 valence electrons. The van der Waals surface area contributed by atoms with Crippen molar-refractivity contribution in [2.24, 2.45) is 0 Å². The van der Waals surface area contributed by atoms with Crippen molar-refractivity contribution < 1.29 is 9.21 Å². The van der Waals surface area contributed by atoms with Gasteiger partial charge in [0.05, 0.1) is 11.9 Å². The first-order chi connectivity index (χ1) is 11.5. The summed E-state index contributed by atoms with van der Waals surface area (Å²) >= 11 is 0. The first kappa shape index (κ1) is 16.4. The van der Waals surface area contributed by atoms with Crippen LogP contribution in [0.25, 0.3) is 11.6 Å². The van der Waals surface area contributed by atoms with Crippen molar-refractivity contribution in [2.45, 2.75) is 38.3 Å². The summed E-state index contributed by atoms with van der Waals surface area (Å²) in [6.45, 7) is 1.75. The van der Waals surface area contributed by atoms with Crippen molar-refractivity contribution in [1.29, 1.82) is 0 Å². The van der Waals surface area contributed by atoms with Crippen LogP contribution in [0.15, 0.2) is 16.9 Å². The van der Waals surface area contributed by atoms with E-state index in [1.54, 1.807) is 6.92 Å². The monoisotopic (exact) mass is 330 g/mol. The lowest BCUT2D eigenvalue weighted by molar-refractivity contribution is 0.0914. The number of hydrogen-bond acceptors (Lipinski definition) is 7. The highest BCUT2D eigenvalue weighted by Crippen LogP contribution is 2.24. The van der Waals surface area contributed by atoms with Crippen LogP contribution in [0, 0.1) is 6.92 Å². The molecule has 1 saturated carbocycles. The van der Waals surface area contributed by atoms with Crippen molar-refractivity contribution in [3.63, 3.8) is 0 Å². The van der Waals surface area contributed by atoms with Crippen molar-refractivity contribution in [3.8, 4) is 11.6 Å². The molecule has 2 atom stereocenters. The van der Waals surface area contributed by atoms with Gasteiger partial charge in [-0.2, -0.15) is 0 Å². The van der Waals surface area contributed by atoms with Gasteiger partial charge in [0.2, 0.25) is 5.89 Å². The van der Waals surface area contributed by atoms with Crippen molar-refractivity contribution in [1.82, 2.24) is 25.2 Å². The van der Waals surface area contributed by atoms with Crippen LogP contribution in [0.3, 0.4) is 0 Å². The Balaban J connectivity index is 1.82. The second-order valence-corrected chi connectivity index (χ2v) is 6.27. The Kier molecular flexibility index (Phi) is 4.48. The van der Waals surface area contributed by atoms with Crippen molar-refractivity contribution >= 4 is 11.7 Å². The molecule has 0 spiro atoms. The van der Waals surface area contributed by atoms with Gasteiger partial charge in [-0.3, -0.25) is 4.79 Å². The summed E-state index contributed by atoms with van der Waals surface area (Å²) in [7, 11) is 4.05. The molecular formula is C16H22N6O2. The molecule has 0 saturated heterocycles. The molecule has 8 nitrogen and oxygen atoms in total. The molecule has 24 heavy (non-hydrogen) atoms. The minimum atomic E-state index is -0.291. The lowest BCUT2D eigenvalue weighted by atomic mass is 10.1. The maximum absolute atomic E-state index is 12.6. The van der Waals surface area contributed by atoms with E-state index in [2.05, 4.69) is 25.2 Å². The molecule has 2 aromatic heterocycles. The Morgan fingerprint density at radius 1 is 1.38 bits per heavy atom. The lowest BCUT2D eigenvalue weighted by Gasteiger charge is -2.26. The number of nitrogen functional groups attached to an aromatic ring is 1. The maximum Gasteiger partial charge on any atom is 0.274 e. The number of anilines is 1. The number of carbonyl (C=O) groups excluding carboxylic acids is 1. The average molecular weight is 330 g/mol. The number of nitrogens with one attached hydrogen (secondary N) is 1. The quantitative estimate of drug-likeness (QED) is 0.867. The third kappa shape index (κ3) is 3.09. The highest BCUT2D eigenvalue weighted by Gasteiger charge is 2.31. The average Bonchev–Trinajstić information content (AvgIpc) is 3.20. The molecule has 2 aromatic rings. The van der Waals surface area contributed by atoms with Gasteiger partial charge in [-0.05, 0) is 40.3 Å². The zero-order valence-corrected chi connectivity index (χ0v) is 14.1. The van der Waals surface area contributed by atoms with Gasteiger partial charge in [0, 0.05) is 12.1 Å². The van der Waals surface area contributed by atoms with Crippen LogP contribution in [0.2, 0.25) is 0 Å². The van der Waals surface area contributed by atoms with Crippen LogP contribution in [-0.4, -0.2) is 51.9 Å². The number of aryl methyl sites for hydroxylation is 1. The minimum Gasteiger partial charge on any atom is -0.443 e. The largest absolute Gasteiger partial charge is 0.443 e. The van der Waals surface area contributed by atoms with Crippen LogP contribution in [0.5, 0.6) is 0 Å². The van der Waals surface area contributed by atoms with E-state index in [0.717, 1.165) is 19.3 Å². The number of oxazole rings is 1. The fraction of sp³-hybridized carbons (Fsp3) is 0.500. The molecule has 0 unspecified atom stereocenters. The Bertz CT molecular complexity index is 728. The summed E-state index contributed by atoms with van der Waals surface area (Å²) in [6, 6.07) is 0.427. The molecule has 3 N–H and O–H groups in total. The zero-order valence-electron chi connectivity index (χ0n) is 14.1. The molecule has 1 fully saturated rings. The third-order valence-electron chi connectivity index (χ3n) is 4.41. The first-order valence-electron chi connectivity index (χ1n) is 7.98. The van der Waals surface area contributed by atoms with Crippen LogP contribution >= 0.6 is 0 Å². The fourth-order valence-corrected chi connectivity index (χ4v) is 3.21. The van der Waals surface area contributed by atoms with Gasteiger partial charge in [0.25, 0.3) is 5.91 Å². The Hall–Kier alpha value is -2.48. The predicted molar refractivity (Wildman–Crippen MR) is 89.3 cm³/mol. The molecule has 0 radical (unpaired) electrons. The summed E-state index contributed by atoms with van der Waals surface area (Å²) in [5, 5.41) is 3.05. The number of carbonyl (C=O) groups is 1. The summed E-state index contributed by atoms with van der Waals surface area (Å²) < 4.78 is 5.23. The van der Waals surface area contributed by atoms with Gasteiger partial charge in [-0.15, -0.1) is 0 Å². The summed E-state index contributed by atoms with van der Waals surface area (Å²) in [5.74, 6) is 0.119. The van der Waals surface area contributed by atoms with Crippen molar-refractivity contribution in [2.75, 3.05) is 19.8 Å². The molecule has 8 heteroatoms. The molecule has 0 aromatic carbocycles. The smallest absolute Gasteiger partial charge is 0.274 e. The normalized spacial score (nSPS) is 20.5.